The van der Waals surface area contributed by atoms with Gasteiger partial charge in [0.1, 0.15) is 0 Å². The lowest BCUT2D eigenvalue weighted by Crippen LogP contribution is -2.46. The summed E-state index contributed by atoms with van der Waals surface area (Å²) in [6, 6.07) is 0. The van der Waals surface area contributed by atoms with Gasteiger partial charge in [-0.05, 0) is 31.1 Å². The number of carbonyl (C=O) groups is 1. The fourth-order valence-corrected chi connectivity index (χ4v) is 2.90. The second kappa shape index (κ2) is 4.16. The number of ether oxygens (including phenoxy) is 1. The third-order valence-electron chi connectivity index (χ3n) is 4.17. The van der Waals surface area contributed by atoms with Crippen molar-refractivity contribution in [3.05, 3.63) is 0 Å². The van der Waals surface area contributed by atoms with Crippen molar-refractivity contribution in [2.45, 2.75) is 58.2 Å². The van der Waals surface area contributed by atoms with Crippen LogP contribution in [0.15, 0.2) is 0 Å². The molecule has 4 nitrogen and oxygen atoms in total. The van der Waals surface area contributed by atoms with Crippen LogP contribution in [-0.4, -0.2) is 40.9 Å². The fraction of sp³-hybridized carbons (Fsp3) is 0.923. The molecule has 2 aliphatic rings. The van der Waals surface area contributed by atoms with Gasteiger partial charge < -0.3 is 14.7 Å². The van der Waals surface area contributed by atoms with E-state index in [4.69, 9.17) is 9.84 Å². The van der Waals surface area contributed by atoms with Crippen molar-refractivity contribution in [1.29, 1.82) is 0 Å². The van der Waals surface area contributed by atoms with Crippen molar-refractivity contribution < 1.29 is 14.6 Å². The summed E-state index contributed by atoms with van der Waals surface area (Å²) in [4.78, 5) is 12.4. The Morgan fingerprint density at radius 3 is 2.29 bits per heavy atom. The van der Waals surface area contributed by atoms with Gasteiger partial charge in [0.2, 0.25) is 0 Å². The van der Waals surface area contributed by atoms with Crippen LogP contribution in [0.5, 0.6) is 0 Å². The van der Waals surface area contributed by atoms with Crippen LogP contribution >= 0.6 is 0 Å². The summed E-state index contributed by atoms with van der Waals surface area (Å²) in [5.74, 6) is 0. The number of piperidine rings is 1. The maximum absolute atomic E-state index is 10.9. The smallest absolute Gasteiger partial charge is 0.407 e. The number of amides is 1. The Balaban J connectivity index is 1.94. The van der Waals surface area contributed by atoms with Crippen LogP contribution in [0.1, 0.15) is 46.5 Å². The topological polar surface area (TPSA) is 49.8 Å². The fourth-order valence-electron chi connectivity index (χ4n) is 2.90. The third-order valence-corrected chi connectivity index (χ3v) is 4.17. The monoisotopic (exact) mass is 241 g/mol. The van der Waals surface area contributed by atoms with E-state index in [1.165, 1.54) is 4.90 Å². The van der Waals surface area contributed by atoms with Crippen molar-refractivity contribution in [2.75, 3.05) is 13.1 Å². The van der Waals surface area contributed by atoms with Crippen LogP contribution in [0.4, 0.5) is 4.79 Å². The molecule has 2 fully saturated rings. The second-order valence-electron chi connectivity index (χ2n) is 6.46. The number of likely N-dealkylation sites (tertiary alicyclic amines) is 1. The Morgan fingerprint density at radius 2 is 1.88 bits per heavy atom. The first kappa shape index (κ1) is 12.7. The highest BCUT2D eigenvalue weighted by Gasteiger charge is 2.46. The van der Waals surface area contributed by atoms with E-state index in [1.807, 2.05) is 0 Å². The average molecular weight is 241 g/mol. The normalized spacial score (nSPS) is 28.6. The number of rotatable bonds is 0. The molecule has 1 spiro atoms. The van der Waals surface area contributed by atoms with E-state index in [2.05, 4.69) is 20.8 Å². The van der Waals surface area contributed by atoms with Crippen LogP contribution in [-0.2, 0) is 4.74 Å². The van der Waals surface area contributed by atoms with Crippen LogP contribution in [0.2, 0.25) is 0 Å². The molecular formula is C13H23NO3. The highest BCUT2D eigenvalue weighted by atomic mass is 16.5. The molecule has 1 atom stereocenters. The van der Waals surface area contributed by atoms with E-state index in [1.54, 1.807) is 0 Å². The molecule has 0 radical (unpaired) electrons. The molecule has 17 heavy (non-hydrogen) atoms. The summed E-state index contributed by atoms with van der Waals surface area (Å²) >= 11 is 0. The zero-order valence-corrected chi connectivity index (χ0v) is 11.0. The standard InChI is InChI=1S/C13H23NO3/c1-12(2,3)10-4-5-13(17-10)6-8-14(9-7-13)11(15)16/h10H,4-9H2,1-3H3,(H,15,16). The quantitative estimate of drug-likeness (QED) is 0.709. The number of hydrogen-bond donors (Lipinski definition) is 1. The molecule has 0 aliphatic carbocycles. The zero-order chi connectivity index (χ0) is 12.7. The summed E-state index contributed by atoms with van der Waals surface area (Å²) in [5.41, 5.74) is 0.150. The second-order valence-corrected chi connectivity index (χ2v) is 6.46. The third kappa shape index (κ3) is 2.57. The molecule has 2 aliphatic heterocycles. The zero-order valence-electron chi connectivity index (χ0n) is 11.0. The molecule has 0 bridgehead atoms. The minimum Gasteiger partial charge on any atom is -0.465 e. The summed E-state index contributed by atoms with van der Waals surface area (Å²) in [5, 5.41) is 8.94. The lowest BCUT2D eigenvalue weighted by atomic mass is 9.85. The molecule has 98 valence electrons. The van der Waals surface area contributed by atoms with Crippen molar-refractivity contribution in [3.63, 3.8) is 0 Å². The molecule has 0 aromatic rings. The SMILES string of the molecule is CC(C)(C)C1CCC2(CCN(C(=O)O)CC2)O1. The largest absolute Gasteiger partial charge is 0.465 e. The van der Waals surface area contributed by atoms with E-state index < -0.39 is 6.09 Å². The minimum atomic E-state index is -0.801. The predicted octanol–water partition coefficient (Wildman–Crippen LogP) is 2.72. The highest BCUT2D eigenvalue weighted by Crippen LogP contribution is 2.44. The van der Waals surface area contributed by atoms with Crippen molar-refractivity contribution in [3.8, 4) is 0 Å². The maximum atomic E-state index is 10.9. The summed E-state index contributed by atoms with van der Waals surface area (Å²) in [7, 11) is 0. The lowest BCUT2D eigenvalue weighted by Gasteiger charge is -2.39. The van der Waals surface area contributed by atoms with Gasteiger partial charge in [0.05, 0.1) is 11.7 Å². The Bertz CT molecular complexity index is 300. The van der Waals surface area contributed by atoms with Gasteiger partial charge >= 0.3 is 6.09 Å². The number of nitrogens with zero attached hydrogens (tertiary/aromatic N) is 1. The highest BCUT2D eigenvalue weighted by molar-refractivity contribution is 5.65. The molecule has 1 unspecified atom stereocenters. The van der Waals surface area contributed by atoms with Crippen LogP contribution in [0, 0.1) is 5.41 Å². The van der Waals surface area contributed by atoms with Gasteiger partial charge in [-0.15, -0.1) is 0 Å². The molecule has 1 N–H and O–H groups in total. The Kier molecular flexibility index (Phi) is 3.10. The summed E-state index contributed by atoms with van der Waals surface area (Å²) in [6.45, 7) is 7.87. The molecule has 4 heteroatoms. The van der Waals surface area contributed by atoms with E-state index >= 15 is 0 Å². The minimum absolute atomic E-state index is 0.0378. The van der Waals surface area contributed by atoms with E-state index in [-0.39, 0.29) is 11.0 Å². The van der Waals surface area contributed by atoms with E-state index in [0.29, 0.717) is 19.2 Å². The van der Waals surface area contributed by atoms with Gasteiger partial charge in [0.25, 0.3) is 0 Å². The van der Waals surface area contributed by atoms with E-state index in [9.17, 15) is 4.79 Å². The van der Waals surface area contributed by atoms with Crippen molar-refractivity contribution >= 4 is 6.09 Å². The van der Waals surface area contributed by atoms with Gasteiger partial charge in [-0.3, -0.25) is 0 Å². The Morgan fingerprint density at radius 1 is 1.29 bits per heavy atom. The number of carboxylic acid groups (broad SMARTS) is 1. The van der Waals surface area contributed by atoms with Crippen LogP contribution < -0.4 is 0 Å². The maximum Gasteiger partial charge on any atom is 0.407 e. The molecule has 1 amide bonds. The molecule has 0 aromatic carbocycles. The summed E-state index contributed by atoms with van der Waals surface area (Å²) < 4.78 is 6.26. The van der Waals surface area contributed by atoms with Crippen molar-refractivity contribution in [1.82, 2.24) is 4.90 Å². The van der Waals surface area contributed by atoms with Crippen LogP contribution in [0.3, 0.4) is 0 Å². The van der Waals surface area contributed by atoms with Gasteiger partial charge in [-0.2, -0.15) is 0 Å². The number of hydrogen-bond acceptors (Lipinski definition) is 2. The molecular weight excluding hydrogens is 218 g/mol. The summed E-state index contributed by atoms with van der Waals surface area (Å²) in [6.07, 6.45) is 3.42. The first-order valence-electron chi connectivity index (χ1n) is 6.48. The van der Waals surface area contributed by atoms with Gasteiger partial charge in [0, 0.05) is 13.1 Å². The van der Waals surface area contributed by atoms with Gasteiger partial charge in [-0.1, -0.05) is 20.8 Å². The molecule has 2 saturated heterocycles. The van der Waals surface area contributed by atoms with E-state index in [0.717, 1.165) is 25.7 Å². The molecule has 2 heterocycles. The first-order chi connectivity index (χ1) is 7.82. The Hall–Kier alpha value is -0.770. The first-order valence-corrected chi connectivity index (χ1v) is 6.48. The molecule has 2 rings (SSSR count). The van der Waals surface area contributed by atoms with Crippen LogP contribution in [0.25, 0.3) is 0 Å². The van der Waals surface area contributed by atoms with Crippen molar-refractivity contribution in [2.24, 2.45) is 5.41 Å². The predicted molar refractivity (Wildman–Crippen MR) is 65.1 cm³/mol. The van der Waals surface area contributed by atoms with Gasteiger partial charge in [0.15, 0.2) is 0 Å². The molecule has 0 saturated carbocycles. The van der Waals surface area contributed by atoms with Gasteiger partial charge in [-0.25, -0.2) is 4.79 Å². The lowest BCUT2D eigenvalue weighted by molar-refractivity contribution is -0.104. The average Bonchev–Trinajstić information content (AvgIpc) is 2.62. The molecule has 0 aromatic heterocycles. The Labute approximate surface area is 103 Å².